The van der Waals surface area contributed by atoms with E-state index in [1.54, 1.807) is 12.1 Å². The Bertz CT molecular complexity index is 425. The number of allylic oxidation sites excluding steroid dienone is 1. The predicted molar refractivity (Wildman–Crippen MR) is 66.3 cm³/mol. The molecule has 1 N–H and O–H groups in total. The van der Waals surface area contributed by atoms with Gasteiger partial charge in [-0.2, -0.15) is 0 Å². The van der Waals surface area contributed by atoms with Gasteiger partial charge in [0, 0.05) is 12.1 Å². The van der Waals surface area contributed by atoms with Crippen molar-refractivity contribution in [3.05, 3.63) is 29.2 Å². The lowest BCUT2D eigenvalue weighted by molar-refractivity contribution is -0.116. The molecule has 0 aliphatic heterocycles. The van der Waals surface area contributed by atoms with E-state index in [1.165, 1.54) is 0 Å². The van der Waals surface area contributed by atoms with Crippen molar-refractivity contribution in [2.45, 2.75) is 41.2 Å². The van der Waals surface area contributed by atoms with Crippen molar-refractivity contribution >= 4 is 5.91 Å². The van der Waals surface area contributed by atoms with Gasteiger partial charge in [-0.25, -0.2) is 0 Å². The number of hydrogen-bond acceptors (Lipinski definition) is 3. The first kappa shape index (κ1) is 13.5. The minimum absolute atomic E-state index is 0.0157. The summed E-state index contributed by atoms with van der Waals surface area (Å²) in [5.74, 6) is 0.647. The lowest BCUT2D eigenvalue weighted by Crippen LogP contribution is -2.22. The molecule has 1 aromatic heterocycles. The summed E-state index contributed by atoms with van der Waals surface area (Å²) in [4.78, 5) is 11.6. The Morgan fingerprint density at radius 2 is 2.18 bits per heavy atom. The van der Waals surface area contributed by atoms with Crippen LogP contribution in [0.2, 0.25) is 0 Å². The molecular formula is C13H20N2O2. The first-order valence-electron chi connectivity index (χ1n) is 5.68. The second-order valence-corrected chi connectivity index (χ2v) is 5.22. The van der Waals surface area contributed by atoms with Crippen LogP contribution in [0, 0.1) is 12.3 Å². The molecule has 0 radical (unpaired) electrons. The molecule has 0 aliphatic rings. The molecule has 0 atom stereocenters. The normalized spacial score (nSPS) is 12.6. The van der Waals surface area contributed by atoms with Gasteiger partial charge in [-0.15, -0.1) is 0 Å². The highest BCUT2D eigenvalue weighted by molar-refractivity contribution is 5.88. The number of aryl methyl sites for hydroxylation is 1. The number of carbonyl (C=O) groups is 1. The van der Waals surface area contributed by atoms with Crippen LogP contribution < -0.4 is 5.32 Å². The highest BCUT2D eigenvalue weighted by Gasteiger charge is 2.13. The highest BCUT2D eigenvalue weighted by atomic mass is 16.5. The van der Waals surface area contributed by atoms with Crippen LogP contribution in [0.4, 0.5) is 0 Å². The average Bonchev–Trinajstić information content (AvgIpc) is 2.60. The standard InChI is InChI=1S/C13H20N2O2/c1-9(13(3,4)5)6-12(16)14-8-11-7-10(2)17-15-11/h6-7H,8H2,1-5H3,(H,14,16)/b9-6+. The molecule has 0 bridgehead atoms. The second-order valence-electron chi connectivity index (χ2n) is 5.22. The van der Waals surface area contributed by atoms with E-state index in [0.29, 0.717) is 6.54 Å². The fourth-order valence-corrected chi connectivity index (χ4v) is 1.14. The minimum atomic E-state index is -0.0990. The summed E-state index contributed by atoms with van der Waals surface area (Å²) in [6.45, 7) is 10.4. The van der Waals surface area contributed by atoms with Crippen LogP contribution in [0.3, 0.4) is 0 Å². The third-order valence-electron chi connectivity index (χ3n) is 2.65. The summed E-state index contributed by atoms with van der Waals surface area (Å²) in [5.41, 5.74) is 1.80. The number of hydrogen-bond donors (Lipinski definition) is 1. The molecule has 0 spiro atoms. The number of aromatic nitrogens is 1. The summed E-state index contributed by atoms with van der Waals surface area (Å²) in [7, 11) is 0. The maximum absolute atomic E-state index is 11.6. The molecule has 1 rings (SSSR count). The van der Waals surface area contributed by atoms with Crippen molar-refractivity contribution in [2.24, 2.45) is 5.41 Å². The van der Waals surface area contributed by atoms with Gasteiger partial charge >= 0.3 is 0 Å². The molecule has 1 amide bonds. The van der Waals surface area contributed by atoms with Gasteiger partial charge in [0.1, 0.15) is 11.5 Å². The van der Waals surface area contributed by atoms with Gasteiger partial charge in [0.25, 0.3) is 0 Å². The second kappa shape index (κ2) is 5.17. The van der Waals surface area contributed by atoms with Gasteiger partial charge in [0.2, 0.25) is 5.91 Å². The molecule has 17 heavy (non-hydrogen) atoms. The van der Waals surface area contributed by atoms with Crippen molar-refractivity contribution in [2.75, 3.05) is 0 Å². The number of nitrogens with one attached hydrogen (secondary N) is 1. The summed E-state index contributed by atoms with van der Waals surface area (Å²) in [5, 5.41) is 6.58. The van der Waals surface area contributed by atoms with Crippen LogP contribution >= 0.6 is 0 Å². The first-order chi connectivity index (χ1) is 7.79. The van der Waals surface area contributed by atoms with Crippen molar-refractivity contribution in [1.82, 2.24) is 10.5 Å². The van der Waals surface area contributed by atoms with E-state index in [4.69, 9.17) is 4.52 Å². The Balaban J connectivity index is 2.51. The molecule has 0 aliphatic carbocycles. The molecule has 0 saturated carbocycles. The molecule has 4 nitrogen and oxygen atoms in total. The Labute approximate surface area is 102 Å². The monoisotopic (exact) mass is 236 g/mol. The van der Waals surface area contributed by atoms with Crippen LogP contribution in [0.1, 0.15) is 39.1 Å². The maximum atomic E-state index is 11.6. The molecule has 0 fully saturated rings. The van der Waals surface area contributed by atoms with Crippen LogP contribution in [0.25, 0.3) is 0 Å². The predicted octanol–water partition coefficient (Wildman–Crippen LogP) is 2.59. The molecule has 1 heterocycles. The van der Waals surface area contributed by atoms with Crippen molar-refractivity contribution in [1.29, 1.82) is 0 Å². The van der Waals surface area contributed by atoms with E-state index in [2.05, 4.69) is 31.2 Å². The fourth-order valence-electron chi connectivity index (χ4n) is 1.14. The quantitative estimate of drug-likeness (QED) is 0.821. The summed E-state index contributed by atoms with van der Waals surface area (Å²) in [6.07, 6.45) is 1.63. The Morgan fingerprint density at radius 1 is 1.53 bits per heavy atom. The van der Waals surface area contributed by atoms with Crippen LogP contribution in [0.15, 0.2) is 22.2 Å². The Hall–Kier alpha value is -1.58. The largest absolute Gasteiger partial charge is 0.361 e. The lowest BCUT2D eigenvalue weighted by Gasteiger charge is -2.19. The van der Waals surface area contributed by atoms with Gasteiger partial charge < -0.3 is 9.84 Å². The topological polar surface area (TPSA) is 55.1 Å². The minimum Gasteiger partial charge on any atom is -0.361 e. The number of amides is 1. The smallest absolute Gasteiger partial charge is 0.244 e. The zero-order valence-corrected chi connectivity index (χ0v) is 11.1. The fraction of sp³-hybridized carbons (Fsp3) is 0.538. The Morgan fingerprint density at radius 3 is 2.65 bits per heavy atom. The van der Waals surface area contributed by atoms with Gasteiger partial charge in [-0.3, -0.25) is 4.79 Å². The molecule has 0 unspecified atom stereocenters. The third kappa shape index (κ3) is 4.43. The van der Waals surface area contributed by atoms with Gasteiger partial charge in [0.05, 0.1) is 6.54 Å². The van der Waals surface area contributed by atoms with E-state index < -0.39 is 0 Å². The van der Waals surface area contributed by atoms with Crippen molar-refractivity contribution in [3.63, 3.8) is 0 Å². The zero-order valence-electron chi connectivity index (χ0n) is 11.1. The third-order valence-corrected chi connectivity index (χ3v) is 2.65. The average molecular weight is 236 g/mol. The van der Waals surface area contributed by atoms with Crippen LogP contribution in [0.5, 0.6) is 0 Å². The van der Waals surface area contributed by atoms with E-state index >= 15 is 0 Å². The Kier molecular flexibility index (Phi) is 4.10. The molecule has 4 heteroatoms. The lowest BCUT2D eigenvalue weighted by atomic mass is 9.87. The molecule has 1 aromatic rings. The number of carbonyl (C=O) groups excluding carboxylic acids is 1. The molecule has 94 valence electrons. The van der Waals surface area contributed by atoms with Gasteiger partial charge in [-0.05, 0) is 19.3 Å². The van der Waals surface area contributed by atoms with Crippen molar-refractivity contribution in [3.8, 4) is 0 Å². The van der Waals surface area contributed by atoms with Crippen molar-refractivity contribution < 1.29 is 9.32 Å². The van der Waals surface area contributed by atoms with E-state index in [0.717, 1.165) is 17.0 Å². The van der Waals surface area contributed by atoms with Gasteiger partial charge in [0.15, 0.2) is 0 Å². The molecule has 0 aromatic carbocycles. The molecular weight excluding hydrogens is 216 g/mol. The van der Waals surface area contributed by atoms with E-state index in [-0.39, 0.29) is 11.3 Å². The molecule has 0 saturated heterocycles. The summed E-state index contributed by atoms with van der Waals surface area (Å²) < 4.78 is 4.92. The van der Waals surface area contributed by atoms with Crippen LogP contribution in [-0.4, -0.2) is 11.1 Å². The van der Waals surface area contributed by atoms with Crippen LogP contribution in [-0.2, 0) is 11.3 Å². The van der Waals surface area contributed by atoms with E-state index in [1.807, 2.05) is 13.8 Å². The maximum Gasteiger partial charge on any atom is 0.244 e. The van der Waals surface area contributed by atoms with E-state index in [9.17, 15) is 4.79 Å². The zero-order chi connectivity index (χ0) is 13.1. The summed E-state index contributed by atoms with van der Waals surface area (Å²) in [6, 6.07) is 1.81. The SMILES string of the molecule is C/C(=C\C(=O)NCc1cc(C)on1)C(C)(C)C. The van der Waals surface area contributed by atoms with Gasteiger partial charge in [-0.1, -0.05) is 31.5 Å². The summed E-state index contributed by atoms with van der Waals surface area (Å²) >= 11 is 0. The number of nitrogens with zero attached hydrogens (tertiary/aromatic N) is 1. The highest BCUT2D eigenvalue weighted by Crippen LogP contribution is 2.23. The first-order valence-corrected chi connectivity index (χ1v) is 5.68. The number of rotatable bonds is 3.